The lowest BCUT2D eigenvalue weighted by atomic mass is 10.0. The molecule has 0 saturated heterocycles. The molecule has 1 saturated carbocycles. The molecule has 1 aliphatic rings. The molecule has 2 aromatic rings. The van der Waals surface area contributed by atoms with Crippen molar-refractivity contribution < 1.29 is 38.1 Å². The van der Waals surface area contributed by atoms with Crippen molar-refractivity contribution in [3.63, 3.8) is 0 Å². The minimum atomic E-state index is -0.731. The molecule has 0 aliphatic heterocycles. The first-order chi connectivity index (χ1) is 17.8. The molecular formula is C28H35NO8. The standard InChI is InChI=1S/C28H35NO8/c1-18(14-23(31)26-27(36-17-35-20(3)30)24(33-4)12-13-29-26)28(32)37-19(2)25(34-16-22-10-11-22)15-21-8-6-5-7-9-21/h5-9,12-13,18-19,22,25H,10-11,14-17H2,1-4H3/t18-,19+,25-/m1/s1. The molecule has 3 rings (SSSR count). The molecule has 9 nitrogen and oxygen atoms in total. The number of pyridine rings is 1. The van der Waals surface area contributed by atoms with E-state index in [1.54, 1.807) is 6.92 Å². The minimum Gasteiger partial charge on any atom is -0.493 e. The van der Waals surface area contributed by atoms with Gasteiger partial charge in [0.2, 0.25) is 6.79 Å². The summed E-state index contributed by atoms with van der Waals surface area (Å²) >= 11 is 0. The number of ketones is 1. The van der Waals surface area contributed by atoms with Crippen molar-refractivity contribution in [1.82, 2.24) is 4.98 Å². The molecule has 200 valence electrons. The maximum Gasteiger partial charge on any atom is 0.309 e. The van der Waals surface area contributed by atoms with E-state index in [0.29, 0.717) is 18.9 Å². The second kappa shape index (κ2) is 13.7. The van der Waals surface area contributed by atoms with Crippen LogP contribution in [0.2, 0.25) is 0 Å². The molecule has 1 aromatic carbocycles. The summed E-state index contributed by atoms with van der Waals surface area (Å²) in [6.07, 6.45) is 3.40. The second-order valence-electron chi connectivity index (χ2n) is 9.26. The van der Waals surface area contributed by atoms with Crippen molar-refractivity contribution in [2.75, 3.05) is 20.5 Å². The van der Waals surface area contributed by atoms with E-state index in [2.05, 4.69) is 4.98 Å². The molecule has 9 heteroatoms. The Morgan fingerprint density at radius 1 is 1.08 bits per heavy atom. The number of aromatic nitrogens is 1. The third-order valence-electron chi connectivity index (χ3n) is 6.06. The van der Waals surface area contributed by atoms with Gasteiger partial charge in [0, 0.05) is 38.6 Å². The van der Waals surface area contributed by atoms with Crippen molar-refractivity contribution in [3.05, 3.63) is 53.9 Å². The van der Waals surface area contributed by atoms with Crippen LogP contribution in [-0.4, -0.2) is 55.4 Å². The number of ether oxygens (including phenoxy) is 5. The highest BCUT2D eigenvalue weighted by Gasteiger charge is 2.30. The van der Waals surface area contributed by atoms with Gasteiger partial charge in [-0.3, -0.25) is 14.4 Å². The van der Waals surface area contributed by atoms with Crippen LogP contribution in [0.4, 0.5) is 0 Å². The molecule has 0 bridgehead atoms. The molecule has 0 N–H and O–H groups in total. The molecule has 37 heavy (non-hydrogen) atoms. The van der Waals surface area contributed by atoms with Crippen LogP contribution in [-0.2, 0) is 30.2 Å². The van der Waals surface area contributed by atoms with Crippen molar-refractivity contribution in [2.24, 2.45) is 11.8 Å². The van der Waals surface area contributed by atoms with Crippen molar-refractivity contribution in [2.45, 2.75) is 58.7 Å². The van der Waals surface area contributed by atoms with Crippen LogP contribution in [0.25, 0.3) is 0 Å². The van der Waals surface area contributed by atoms with Crippen LogP contribution in [0, 0.1) is 11.8 Å². The summed E-state index contributed by atoms with van der Waals surface area (Å²) in [7, 11) is 1.42. The largest absolute Gasteiger partial charge is 0.493 e. The van der Waals surface area contributed by atoms with Crippen LogP contribution in [0.1, 0.15) is 56.1 Å². The quantitative estimate of drug-likeness (QED) is 0.197. The smallest absolute Gasteiger partial charge is 0.309 e. The molecule has 0 spiro atoms. The Bertz CT molecular complexity index is 1050. The lowest BCUT2D eigenvalue weighted by molar-refractivity contribution is -0.160. The third-order valence-corrected chi connectivity index (χ3v) is 6.06. The lowest BCUT2D eigenvalue weighted by Crippen LogP contribution is -2.35. The van der Waals surface area contributed by atoms with Gasteiger partial charge in [0.25, 0.3) is 0 Å². The van der Waals surface area contributed by atoms with Crippen LogP contribution < -0.4 is 9.47 Å². The number of esters is 2. The van der Waals surface area contributed by atoms with Gasteiger partial charge in [-0.1, -0.05) is 37.3 Å². The van der Waals surface area contributed by atoms with E-state index >= 15 is 0 Å². The first kappa shape index (κ1) is 28.1. The Kier molecular flexibility index (Phi) is 10.4. The van der Waals surface area contributed by atoms with E-state index in [4.69, 9.17) is 23.7 Å². The highest BCUT2D eigenvalue weighted by Crippen LogP contribution is 2.32. The fourth-order valence-electron chi connectivity index (χ4n) is 3.69. The number of hydrogen-bond donors (Lipinski definition) is 0. The predicted molar refractivity (Wildman–Crippen MR) is 134 cm³/mol. The Morgan fingerprint density at radius 2 is 1.81 bits per heavy atom. The highest BCUT2D eigenvalue weighted by atomic mass is 16.7. The molecule has 0 amide bonds. The van der Waals surface area contributed by atoms with Crippen LogP contribution in [0.3, 0.4) is 0 Å². The second-order valence-corrected chi connectivity index (χ2v) is 9.26. The van der Waals surface area contributed by atoms with E-state index in [1.165, 1.54) is 26.3 Å². The Morgan fingerprint density at radius 3 is 2.46 bits per heavy atom. The number of Topliss-reactive ketones (excluding diaryl/α,β-unsaturated/α-hetero) is 1. The van der Waals surface area contributed by atoms with Gasteiger partial charge in [0.15, 0.2) is 23.0 Å². The van der Waals surface area contributed by atoms with Gasteiger partial charge in [-0.05, 0) is 31.2 Å². The Labute approximate surface area is 217 Å². The van der Waals surface area contributed by atoms with Crippen molar-refractivity contribution in [1.29, 1.82) is 0 Å². The summed E-state index contributed by atoms with van der Waals surface area (Å²) < 4.78 is 27.4. The van der Waals surface area contributed by atoms with E-state index < -0.39 is 36.5 Å². The van der Waals surface area contributed by atoms with Crippen molar-refractivity contribution in [3.8, 4) is 11.5 Å². The number of hydrogen-bond acceptors (Lipinski definition) is 9. The lowest BCUT2D eigenvalue weighted by Gasteiger charge is -2.26. The zero-order valence-corrected chi connectivity index (χ0v) is 21.8. The van der Waals surface area contributed by atoms with Crippen LogP contribution >= 0.6 is 0 Å². The zero-order chi connectivity index (χ0) is 26.8. The van der Waals surface area contributed by atoms with Gasteiger partial charge in [0.05, 0.1) is 19.1 Å². The summed E-state index contributed by atoms with van der Waals surface area (Å²) in [5, 5.41) is 0. The summed E-state index contributed by atoms with van der Waals surface area (Å²) in [4.78, 5) is 41.2. The van der Waals surface area contributed by atoms with E-state index in [0.717, 1.165) is 18.4 Å². The average molecular weight is 514 g/mol. The summed E-state index contributed by atoms with van der Waals surface area (Å²) in [6.45, 7) is 4.92. The number of methoxy groups -OCH3 is 1. The first-order valence-electron chi connectivity index (χ1n) is 12.5. The zero-order valence-electron chi connectivity index (χ0n) is 21.8. The Hall–Kier alpha value is -3.46. The molecule has 0 radical (unpaired) electrons. The van der Waals surface area contributed by atoms with Gasteiger partial charge < -0.3 is 23.7 Å². The molecule has 1 fully saturated rings. The molecule has 3 atom stereocenters. The maximum absolute atomic E-state index is 13.1. The van der Waals surface area contributed by atoms with Gasteiger partial charge in [-0.25, -0.2) is 4.98 Å². The monoisotopic (exact) mass is 513 g/mol. The Balaban J connectivity index is 1.62. The molecule has 1 aromatic heterocycles. The number of rotatable bonds is 15. The third kappa shape index (κ3) is 8.86. The van der Waals surface area contributed by atoms with Gasteiger partial charge >= 0.3 is 11.9 Å². The minimum absolute atomic E-state index is 0.0195. The SMILES string of the molecule is COc1ccnc(C(=O)C[C@@H](C)C(=O)O[C@@H](C)[C@@H](Cc2ccccc2)OCC2CC2)c1OCOC(C)=O. The fraction of sp³-hybridized carbons (Fsp3) is 0.500. The topological polar surface area (TPSA) is 110 Å². The number of nitrogens with zero attached hydrogens (tertiary/aromatic N) is 1. The normalized spacial score (nSPS) is 15.2. The average Bonchev–Trinajstić information content (AvgIpc) is 3.71. The summed E-state index contributed by atoms with van der Waals surface area (Å²) in [6, 6.07) is 11.4. The number of carbonyl (C=O) groups excluding carboxylic acids is 3. The van der Waals surface area contributed by atoms with E-state index in [-0.39, 0.29) is 29.7 Å². The van der Waals surface area contributed by atoms with Gasteiger partial charge in [-0.2, -0.15) is 0 Å². The maximum atomic E-state index is 13.1. The van der Waals surface area contributed by atoms with Crippen LogP contribution in [0.15, 0.2) is 42.6 Å². The van der Waals surface area contributed by atoms with Crippen molar-refractivity contribution >= 4 is 17.7 Å². The predicted octanol–water partition coefficient (Wildman–Crippen LogP) is 4.17. The summed E-state index contributed by atoms with van der Waals surface area (Å²) in [5.41, 5.74) is 1.08. The molecular weight excluding hydrogens is 478 g/mol. The molecule has 1 aliphatic carbocycles. The fourth-order valence-corrected chi connectivity index (χ4v) is 3.69. The molecule has 0 unspecified atom stereocenters. The number of carbonyl (C=O) groups is 3. The van der Waals surface area contributed by atoms with Gasteiger partial charge in [-0.15, -0.1) is 0 Å². The summed E-state index contributed by atoms with van der Waals surface area (Å²) in [5.74, 6) is -1.32. The molecule has 1 heterocycles. The van der Waals surface area contributed by atoms with Crippen LogP contribution in [0.5, 0.6) is 11.5 Å². The van der Waals surface area contributed by atoms with Gasteiger partial charge in [0.1, 0.15) is 6.10 Å². The van der Waals surface area contributed by atoms with E-state index in [1.807, 2.05) is 37.3 Å². The van der Waals surface area contributed by atoms with E-state index in [9.17, 15) is 14.4 Å². The first-order valence-corrected chi connectivity index (χ1v) is 12.5. The highest BCUT2D eigenvalue weighted by molar-refractivity contribution is 5.99. The number of benzene rings is 1.